The number of imide groups is 1. The van der Waals surface area contributed by atoms with Gasteiger partial charge in [-0.1, -0.05) is 0 Å². The van der Waals surface area contributed by atoms with Crippen molar-refractivity contribution in [1.82, 2.24) is 5.32 Å². The molecule has 0 aromatic rings. The minimum atomic E-state index is -0.164. The predicted molar refractivity (Wildman–Crippen MR) is 39.5 cm³/mol. The Labute approximate surface area is 65.1 Å². The number of hydrogen-bond acceptors (Lipinski definition) is 3. The maximum atomic E-state index is 11.0. The Morgan fingerprint density at radius 2 is 2.27 bits per heavy atom. The van der Waals surface area contributed by atoms with Crippen molar-refractivity contribution >= 4 is 11.8 Å². The van der Waals surface area contributed by atoms with Crippen LogP contribution in [0.15, 0.2) is 0 Å². The second kappa shape index (κ2) is 3.48. The van der Waals surface area contributed by atoms with Gasteiger partial charge in [0.1, 0.15) is 0 Å². The van der Waals surface area contributed by atoms with Crippen LogP contribution in [0.25, 0.3) is 0 Å². The van der Waals surface area contributed by atoms with Crippen molar-refractivity contribution in [2.24, 2.45) is 11.7 Å². The largest absolute Gasteiger partial charge is 0.330 e. The zero-order valence-electron chi connectivity index (χ0n) is 6.30. The molecule has 0 aromatic heterocycles. The number of carbonyl (C=O) groups is 2. The first-order valence-corrected chi connectivity index (χ1v) is 3.78. The summed E-state index contributed by atoms with van der Waals surface area (Å²) in [5, 5.41) is 2.28. The second-order valence-corrected chi connectivity index (χ2v) is 2.73. The van der Waals surface area contributed by atoms with E-state index >= 15 is 0 Å². The van der Waals surface area contributed by atoms with Crippen molar-refractivity contribution in [2.75, 3.05) is 6.54 Å². The number of amides is 2. The van der Waals surface area contributed by atoms with Crippen LogP contribution in [0.1, 0.15) is 19.3 Å². The summed E-state index contributed by atoms with van der Waals surface area (Å²) in [4.78, 5) is 21.7. The van der Waals surface area contributed by atoms with Crippen LogP contribution < -0.4 is 11.1 Å². The molecule has 1 heterocycles. The Balaban J connectivity index is 2.44. The van der Waals surface area contributed by atoms with Gasteiger partial charge < -0.3 is 5.73 Å². The average Bonchev–Trinajstić information content (AvgIpc) is 1.95. The van der Waals surface area contributed by atoms with Crippen LogP contribution >= 0.6 is 0 Å². The van der Waals surface area contributed by atoms with Crippen LogP contribution in [0.3, 0.4) is 0 Å². The smallest absolute Gasteiger partial charge is 0.229 e. The minimum absolute atomic E-state index is 0.0438. The van der Waals surface area contributed by atoms with Gasteiger partial charge in [-0.2, -0.15) is 0 Å². The van der Waals surface area contributed by atoms with Crippen molar-refractivity contribution in [3.05, 3.63) is 0 Å². The standard InChI is InChI=1S/C7H12N2O2/c8-4-3-5-1-2-6(10)9-7(5)11/h5H,1-4,8H2,(H,9,10,11)/t5-/m0/s1. The molecule has 1 rings (SSSR count). The molecule has 0 radical (unpaired) electrons. The number of carbonyl (C=O) groups excluding carboxylic acids is 2. The Morgan fingerprint density at radius 3 is 2.82 bits per heavy atom. The molecule has 0 aliphatic carbocycles. The zero-order chi connectivity index (χ0) is 8.27. The first kappa shape index (κ1) is 8.20. The van der Waals surface area contributed by atoms with Crippen molar-refractivity contribution in [3.8, 4) is 0 Å². The van der Waals surface area contributed by atoms with Gasteiger partial charge in [-0.05, 0) is 19.4 Å². The van der Waals surface area contributed by atoms with E-state index < -0.39 is 0 Å². The molecule has 0 saturated carbocycles. The third kappa shape index (κ3) is 2.01. The third-order valence-corrected chi connectivity index (χ3v) is 1.87. The number of hydrogen-bond donors (Lipinski definition) is 2. The molecule has 2 amide bonds. The van der Waals surface area contributed by atoms with E-state index in [0.29, 0.717) is 25.8 Å². The lowest BCUT2D eigenvalue weighted by atomic mass is 9.95. The van der Waals surface area contributed by atoms with Gasteiger partial charge in [-0.3, -0.25) is 14.9 Å². The van der Waals surface area contributed by atoms with E-state index in [2.05, 4.69) is 5.32 Å². The van der Waals surface area contributed by atoms with Gasteiger partial charge in [-0.25, -0.2) is 0 Å². The van der Waals surface area contributed by atoms with E-state index in [0.717, 1.165) is 0 Å². The summed E-state index contributed by atoms with van der Waals surface area (Å²) in [7, 11) is 0. The molecule has 0 bridgehead atoms. The van der Waals surface area contributed by atoms with Gasteiger partial charge in [0.2, 0.25) is 11.8 Å². The molecule has 1 aliphatic heterocycles. The summed E-state index contributed by atoms with van der Waals surface area (Å²) in [5.41, 5.74) is 5.29. The quantitative estimate of drug-likeness (QED) is 0.524. The van der Waals surface area contributed by atoms with Crippen molar-refractivity contribution in [3.63, 3.8) is 0 Å². The Bertz CT molecular complexity index is 179. The molecular formula is C7H12N2O2. The molecule has 0 unspecified atom stereocenters. The normalized spacial score (nSPS) is 25.0. The van der Waals surface area contributed by atoms with Crippen LogP contribution in [-0.2, 0) is 9.59 Å². The molecule has 0 spiro atoms. The van der Waals surface area contributed by atoms with Gasteiger partial charge >= 0.3 is 0 Å². The van der Waals surface area contributed by atoms with Gasteiger partial charge in [0.05, 0.1) is 0 Å². The van der Waals surface area contributed by atoms with Gasteiger partial charge in [0.25, 0.3) is 0 Å². The highest BCUT2D eigenvalue weighted by atomic mass is 16.2. The van der Waals surface area contributed by atoms with E-state index in [4.69, 9.17) is 5.73 Å². The fraction of sp³-hybridized carbons (Fsp3) is 0.714. The fourth-order valence-electron chi connectivity index (χ4n) is 1.22. The highest BCUT2D eigenvalue weighted by molar-refractivity contribution is 5.98. The van der Waals surface area contributed by atoms with E-state index in [-0.39, 0.29) is 17.7 Å². The van der Waals surface area contributed by atoms with Crippen LogP contribution in [-0.4, -0.2) is 18.4 Å². The molecular weight excluding hydrogens is 144 g/mol. The lowest BCUT2D eigenvalue weighted by Gasteiger charge is -2.19. The van der Waals surface area contributed by atoms with Gasteiger partial charge in [-0.15, -0.1) is 0 Å². The predicted octanol–water partition coefficient (Wildman–Crippen LogP) is -0.612. The first-order chi connectivity index (χ1) is 5.24. The van der Waals surface area contributed by atoms with Crippen LogP contribution in [0.2, 0.25) is 0 Å². The number of rotatable bonds is 2. The molecule has 0 aromatic carbocycles. The van der Waals surface area contributed by atoms with Crippen molar-refractivity contribution < 1.29 is 9.59 Å². The molecule has 4 nitrogen and oxygen atoms in total. The first-order valence-electron chi connectivity index (χ1n) is 3.78. The summed E-state index contributed by atoms with van der Waals surface area (Å²) in [6.45, 7) is 0.506. The highest BCUT2D eigenvalue weighted by Gasteiger charge is 2.25. The van der Waals surface area contributed by atoms with E-state index in [9.17, 15) is 9.59 Å². The number of piperidine rings is 1. The van der Waals surface area contributed by atoms with Crippen LogP contribution in [0.4, 0.5) is 0 Å². The summed E-state index contributed by atoms with van der Waals surface area (Å²) in [6, 6.07) is 0. The number of nitrogens with two attached hydrogens (primary N) is 1. The summed E-state index contributed by atoms with van der Waals surface area (Å²) in [5.74, 6) is -0.368. The maximum absolute atomic E-state index is 11.0. The molecule has 1 saturated heterocycles. The molecule has 1 aliphatic rings. The van der Waals surface area contributed by atoms with Crippen molar-refractivity contribution in [1.29, 1.82) is 0 Å². The average molecular weight is 156 g/mol. The Morgan fingerprint density at radius 1 is 1.55 bits per heavy atom. The summed E-state index contributed by atoms with van der Waals surface area (Å²) < 4.78 is 0. The molecule has 11 heavy (non-hydrogen) atoms. The molecule has 4 heteroatoms. The van der Waals surface area contributed by atoms with E-state index in [1.807, 2.05) is 0 Å². The fourth-order valence-corrected chi connectivity index (χ4v) is 1.22. The lowest BCUT2D eigenvalue weighted by Crippen LogP contribution is -2.41. The second-order valence-electron chi connectivity index (χ2n) is 2.73. The van der Waals surface area contributed by atoms with Crippen molar-refractivity contribution in [2.45, 2.75) is 19.3 Å². The SMILES string of the molecule is NCC[C@@H]1CCC(=O)NC1=O. The minimum Gasteiger partial charge on any atom is -0.330 e. The van der Waals surface area contributed by atoms with Gasteiger partial charge in [0.15, 0.2) is 0 Å². The van der Waals surface area contributed by atoms with E-state index in [1.54, 1.807) is 0 Å². The molecule has 62 valence electrons. The molecule has 1 fully saturated rings. The van der Waals surface area contributed by atoms with Crippen LogP contribution in [0.5, 0.6) is 0 Å². The topological polar surface area (TPSA) is 72.2 Å². The highest BCUT2D eigenvalue weighted by Crippen LogP contribution is 2.14. The summed E-state index contributed by atoms with van der Waals surface area (Å²) in [6.07, 6.45) is 1.79. The molecule has 3 N–H and O–H groups in total. The maximum Gasteiger partial charge on any atom is 0.229 e. The Hall–Kier alpha value is -0.900. The monoisotopic (exact) mass is 156 g/mol. The molecule has 1 atom stereocenters. The lowest BCUT2D eigenvalue weighted by molar-refractivity contribution is -0.136. The third-order valence-electron chi connectivity index (χ3n) is 1.87. The zero-order valence-corrected chi connectivity index (χ0v) is 6.30. The number of nitrogens with one attached hydrogen (secondary N) is 1. The van der Waals surface area contributed by atoms with Crippen LogP contribution in [0, 0.1) is 5.92 Å². The Kier molecular flexibility index (Phi) is 2.59. The van der Waals surface area contributed by atoms with E-state index in [1.165, 1.54) is 0 Å². The van der Waals surface area contributed by atoms with Gasteiger partial charge in [0, 0.05) is 12.3 Å². The summed E-state index contributed by atoms with van der Waals surface area (Å²) >= 11 is 0.